The monoisotopic (exact) mass is 280 g/mol. The molecule has 0 atom stereocenters. The zero-order chi connectivity index (χ0) is 13.1. The highest BCUT2D eigenvalue weighted by Gasteiger charge is 2.10. The van der Waals surface area contributed by atoms with Gasteiger partial charge in [-0.1, -0.05) is 40.9 Å². The second kappa shape index (κ2) is 5.42. The smallest absolute Gasteiger partial charge is 0.343 e. The summed E-state index contributed by atoms with van der Waals surface area (Å²) in [6.45, 7) is 1.95. The van der Waals surface area contributed by atoms with E-state index in [-0.39, 0.29) is 0 Å². The molecule has 0 amide bonds. The molecule has 0 unspecified atom stereocenters. The van der Waals surface area contributed by atoms with Gasteiger partial charge in [0.1, 0.15) is 5.75 Å². The minimum Gasteiger partial charge on any atom is -0.421 e. The molecule has 2 rings (SSSR count). The van der Waals surface area contributed by atoms with Gasteiger partial charge in [-0.2, -0.15) is 0 Å². The van der Waals surface area contributed by atoms with Crippen LogP contribution in [-0.2, 0) is 0 Å². The summed E-state index contributed by atoms with van der Waals surface area (Å²) in [6.07, 6.45) is 0. The van der Waals surface area contributed by atoms with E-state index in [1.165, 1.54) is 6.07 Å². The topological polar surface area (TPSA) is 26.3 Å². The summed E-state index contributed by atoms with van der Waals surface area (Å²) in [4.78, 5) is 11.8. The summed E-state index contributed by atoms with van der Waals surface area (Å²) in [5, 5.41) is 0.804. The van der Waals surface area contributed by atoms with Crippen LogP contribution in [0.15, 0.2) is 42.5 Å². The summed E-state index contributed by atoms with van der Waals surface area (Å²) in [5.74, 6) is -0.147. The minimum absolute atomic E-state index is 0.298. The first kappa shape index (κ1) is 12.9. The van der Waals surface area contributed by atoms with Crippen LogP contribution in [0.4, 0.5) is 0 Å². The van der Waals surface area contributed by atoms with Crippen molar-refractivity contribution in [3.63, 3.8) is 0 Å². The highest BCUT2D eigenvalue weighted by atomic mass is 35.5. The number of halogens is 2. The van der Waals surface area contributed by atoms with E-state index in [4.69, 9.17) is 27.9 Å². The van der Waals surface area contributed by atoms with Crippen molar-refractivity contribution in [1.29, 1.82) is 0 Å². The summed E-state index contributed by atoms with van der Waals surface area (Å²) in [6, 6.07) is 11.8. The van der Waals surface area contributed by atoms with Crippen LogP contribution in [0, 0.1) is 6.92 Å². The molecule has 92 valence electrons. The van der Waals surface area contributed by atoms with Crippen molar-refractivity contribution in [1.82, 2.24) is 0 Å². The number of benzene rings is 2. The molecule has 0 aliphatic rings. The molecule has 0 saturated heterocycles. The average Bonchev–Trinajstić information content (AvgIpc) is 2.33. The molecule has 0 N–H and O–H groups in total. The molecule has 2 nitrogen and oxygen atoms in total. The SMILES string of the molecule is Cc1ccc(C(=O)Oc2ccc(Cl)cc2Cl)cc1. The van der Waals surface area contributed by atoms with E-state index in [2.05, 4.69) is 0 Å². The Balaban J connectivity index is 2.18. The number of aryl methyl sites for hydroxylation is 1. The van der Waals surface area contributed by atoms with Crippen LogP contribution in [0.2, 0.25) is 10.0 Å². The number of carbonyl (C=O) groups excluding carboxylic acids is 1. The lowest BCUT2D eigenvalue weighted by Crippen LogP contribution is -2.08. The Kier molecular flexibility index (Phi) is 3.90. The van der Waals surface area contributed by atoms with Crippen LogP contribution in [0.1, 0.15) is 15.9 Å². The zero-order valence-electron chi connectivity index (χ0n) is 9.61. The van der Waals surface area contributed by atoms with Crippen molar-refractivity contribution in [3.05, 3.63) is 63.6 Å². The van der Waals surface area contributed by atoms with E-state index >= 15 is 0 Å². The van der Waals surface area contributed by atoms with Crippen molar-refractivity contribution in [2.45, 2.75) is 6.92 Å². The molecule has 4 heteroatoms. The normalized spacial score (nSPS) is 10.2. The summed E-state index contributed by atoms with van der Waals surface area (Å²) in [7, 11) is 0. The first-order valence-corrected chi connectivity index (χ1v) is 6.06. The Bertz CT molecular complexity index is 577. The fourth-order valence-corrected chi connectivity index (χ4v) is 1.85. The van der Waals surface area contributed by atoms with Gasteiger partial charge in [0.15, 0.2) is 0 Å². The van der Waals surface area contributed by atoms with Crippen LogP contribution in [0.3, 0.4) is 0 Å². The molecule has 18 heavy (non-hydrogen) atoms. The van der Waals surface area contributed by atoms with Gasteiger partial charge in [0.25, 0.3) is 0 Å². The lowest BCUT2D eigenvalue weighted by atomic mass is 10.1. The van der Waals surface area contributed by atoms with Gasteiger partial charge in [-0.25, -0.2) is 4.79 Å². The maximum atomic E-state index is 11.8. The number of hydrogen-bond acceptors (Lipinski definition) is 2. The number of carbonyl (C=O) groups is 1. The standard InChI is InChI=1S/C14H10Cl2O2/c1-9-2-4-10(5-3-9)14(17)18-13-7-6-11(15)8-12(13)16/h2-8H,1H3. The van der Waals surface area contributed by atoms with Gasteiger partial charge in [-0.3, -0.25) is 0 Å². The Morgan fingerprint density at radius 1 is 1.06 bits per heavy atom. The Hall–Kier alpha value is -1.51. The highest BCUT2D eigenvalue weighted by molar-refractivity contribution is 6.35. The third kappa shape index (κ3) is 3.03. The Morgan fingerprint density at radius 2 is 1.72 bits per heavy atom. The molecular formula is C14H10Cl2O2. The molecular weight excluding hydrogens is 271 g/mol. The number of ether oxygens (including phenoxy) is 1. The third-order valence-corrected chi connectivity index (χ3v) is 2.91. The molecule has 0 aliphatic heterocycles. The molecule has 0 aliphatic carbocycles. The summed E-state index contributed by atoms with van der Waals surface area (Å²) >= 11 is 11.7. The molecule has 0 bridgehead atoms. The molecule has 0 spiro atoms. The third-order valence-electron chi connectivity index (χ3n) is 2.38. The number of esters is 1. The van der Waals surface area contributed by atoms with Crippen LogP contribution in [0.25, 0.3) is 0 Å². The molecule has 0 heterocycles. The fourth-order valence-electron chi connectivity index (χ4n) is 1.41. The lowest BCUT2D eigenvalue weighted by Gasteiger charge is -2.06. The summed E-state index contributed by atoms with van der Waals surface area (Å²) < 4.78 is 5.20. The number of rotatable bonds is 2. The van der Waals surface area contributed by atoms with Crippen molar-refractivity contribution in [2.24, 2.45) is 0 Å². The second-order valence-electron chi connectivity index (χ2n) is 3.83. The van der Waals surface area contributed by atoms with Crippen molar-refractivity contribution < 1.29 is 9.53 Å². The van der Waals surface area contributed by atoms with Crippen LogP contribution < -0.4 is 4.74 Å². The van der Waals surface area contributed by atoms with Crippen molar-refractivity contribution in [3.8, 4) is 5.75 Å². The fraction of sp³-hybridized carbons (Fsp3) is 0.0714. The van der Waals surface area contributed by atoms with E-state index in [9.17, 15) is 4.79 Å². The predicted octanol–water partition coefficient (Wildman–Crippen LogP) is 4.52. The number of hydrogen-bond donors (Lipinski definition) is 0. The van der Waals surface area contributed by atoms with E-state index in [0.717, 1.165) is 5.56 Å². The Morgan fingerprint density at radius 3 is 2.33 bits per heavy atom. The molecule has 2 aromatic rings. The second-order valence-corrected chi connectivity index (χ2v) is 4.67. The maximum Gasteiger partial charge on any atom is 0.343 e. The molecule has 0 fully saturated rings. The van der Waals surface area contributed by atoms with Gasteiger partial charge >= 0.3 is 5.97 Å². The van der Waals surface area contributed by atoms with Crippen LogP contribution >= 0.6 is 23.2 Å². The van der Waals surface area contributed by atoms with Gasteiger partial charge in [0, 0.05) is 5.02 Å². The van der Waals surface area contributed by atoms with Crippen LogP contribution in [-0.4, -0.2) is 5.97 Å². The van der Waals surface area contributed by atoms with E-state index in [1.54, 1.807) is 24.3 Å². The molecule has 0 saturated carbocycles. The van der Waals surface area contributed by atoms with Crippen molar-refractivity contribution >= 4 is 29.2 Å². The maximum absolute atomic E-state index is 11.8. The largest absolute Gasteiger partial charge is 0.421 e. The quantitative estimate of drug-likeness (QED) is 0.597. The van der Waals surface area contributed by atoms with Gasteiger partial charge < -0.3 is 4.74 Å². The molecule has 0 radical (unpaired) electrons. The van der Waals surface area contributed by atoms with Crippen LogP contribution in [0.5, 0.6) is 5.75 Å². The molecule has 0 aromatic heterocycles. The van der Waals surface area contributed by atoms with Crippen molar-refractivity contribution in [2.75, 3.05) is 0 Å². The minimum atomic E-state index is -0.445. The van der Waals surface area contributed by atoms with Gasteiger partial charge in [-0.05, 0) is 37.3 Å². The van der Waals surface area contributed by atoms with Gasteiger partial charge in [-0.15, -0.1) is 0 Å². The van der Waals surface area contributed by atoms with E-state index in [0.29, 0.717) is 21.4 Å². The molecule has 2 aromatic carbocycles. The van der Waals surface area contributed by atoms with E-state index in [1.807, 2.05) is 19.1 Å². The average molecular weight is 281 g/mol. The highest BCUT2D eigenvalue weighted by Crippen LogP contribution is 2.28. The first-order valence-electron chi connectivity index (χ1n) is 5.30. The van der Waals surface area contributed by atoms with Gasteiger partial charge in [0.05, 0.1) is 10.6 Å². The van der Waals surface area contributed by atoms with Gasteiger partial charge in [0.2, 0.25) is 0 Å². The zero-order valence-corrected chi connectivity index (χ0v) is 11.1. The summed E-state index contributed by atoms with van der Waals surface area (Å²) in [5.41, 5.74) is 1.56. The first-order chi connectivity index (χ1) is 8.56. The Labute approximate surface area is 115 Å². The van der Waals surface area contributed by atoms with E-state index < -0.39 is 5.97 Å². The lowest BCUT2D eigenvalue weighted by molar-refractivity contribution is 0.0735. The predicted molar refractivity (Wildman–Crippen MR) is 72.6 cm³/mol.